The molecule has 0 radical (unpaired) electrons. The van der Waals surface area contributed by atoms with Crippen LogP contribution in [0.5, 0.6) is 0 Å². The summed E-state index contributed by atoms with van der Waals surface area (Å²) in [5, 5.41) is 12.4. The Balaban J connectivity index is 2.14. The van der Waals surface area contributed by atoms with Crippen molar-refractivity contribution in [2.45, 2.75) is 0 Å². The predicted octanol–water partition coefficient (Wildman–Crippen LogP) is 3.14. The van der Waals surface area contributed by atoms with Crippen molar-refractivity contribution in [2.24, 2.45) is 0 Å². The molecule has 0 aliphatic carbocycles. The number of rotatable bonds is 4. The fourth-order valence-electron chi connectivity index (χ4n) is 1.24. The van der Waals surface area contributed by atoms with Gasteiger partial charge in [0, 0.05) is 15.3 Å². The van der Waals surface area contributed by atoms with Gasteiger partial charge in [0.05, 0.1) is 0 Å². The van der Waals surface area contributed by atoms with E-state index in [4.69, 9.17) is 5.11 Å². The van der Waals surface area contributed by atoms with Gasteiger partial charge in [-0.3, -0.25) is 4.79 Å². The zero-order valence-electron chi connectivity index (χ0n) is 8.62. The van der Waals surface area contributed by atoms with Gasteiger partial charge in [-0.15, -0.1) is 22.7 Å². The van der Waals surface area contributed by atoms with Crippen LogP contribution in [0.3, 0.4) is 0 Å². The highest BCUT2D eigenvalue weighted by molar-refractivity contribution is 7.15. The van der Waals surface area contributed by atoms with E-state index in [9.17, 15) is 9.59 Å². The molecule has 0 saturated carbocycles. The molecule has 5 heteroatoms. The van der Waals surface area contributed by atoms with Crippen LogP contribution in [0, 0.1) is 0 Å². The fourth-order valence-corrected chi connectivity index (χ4v) is 2.83. The summed E-state index contributed by atoms with van der Waals surface area (Å²) < 4.78 is 0. The summed E-state index contributed by atoms with van der Waals surface area (Å²) in [6.07, 6.45) is 2.60. The molecular weight excluding hydrogens is 256 g/mol. The van der Waals surface area contributed by atoms with Gasteiger partial charge in [0.15, 0.2) is 0 Å². The van der Waals surface area contributed by atoms with Crippen molar-refractivity contribution in [1.29, 1.82) is 0 Å². The molecule has 2 heterocycles. The third-order valence-corrected chi connectivity index (χ3v) is 3.85. The summed E-state index contributed by atoms with van der Waals surface area (Å²) in [6, 6.07) is 5.92. The maximum Gasteiger partial charge on any atom is 0.376 e. The fraction of sp³-hybridized carbons (Fsp3) is 0. The lowest BCUT2D eigenvalue weighted by atomic mass is 10.2. The van der Waals surface area contributed by atoms with Gasteiger partial charge in [-0.2, -0.15) is 0 Å². The predicted molar refractivity (Wildman–Crippen MR) is 69.3 cm³/mol. The minimum atomic E-state index is -1.43. The van der Waals surface area contributed by atoms with Crippen LogP contribution in [0.4, 0.5) is 0 Å². The van der Waals surface area contributed by atoms with Crippen LogP contribution in [-0.2, 0) is 9.59 Å². The van der Waals surface area contributed by atoms with Crippen LogP contribution in [0.1, 0.15) is 4.88 Å². The molecule has 0 saturated heterocycles. The number of carbonyl (C=O) groups is 2. The van der Waals surface area contributed by atoms with Gasteiger partial charge in [0.1, 0.15) is 0 Å². The number of aliphatic carboxylic acids is 1. The first-order chi connectivity index (χ1) is 8.16. The Bertz CT molecular complexity index is 564. The van der Waals surface area contributed by atoms with Gasteiger partial charge < -0.3 is 5.11 Å². The second-order valence-corrected chi connectivity index (χ2v) is 5.11. The molecule has 0 amide bonds. The van der Waals surface area contributed by atoms with Crippen LogP contribution in [0.15, 0.2) is 35.0 Å². The summed E-state index contributed by atoms with van der Waals surface area (Å²) in [7, 11) is 0. The molecule has 0 bridgehead atoms. The second-order valence-electron chi connectivity index (χ2n) is 3.22. The van der Waals surface area contributed by atoms with Gasteiger partial charge >= 0.3 is 5.97 Å². The van der Waals surface area contributed by atoms with Crippen LogP contribution >= 0.6 is 22.7 Å². The van der Waals surface area contributed by atoms with Crippen molar-refractivity contribution in [3.8, 4) is 10.4 Å². The Morgan fingerprint density at radius 3 is 2.76 bits per heavy atom. The molecule has 17 heavy (non-hydrogen) atoms. The summed E-state index contributed by atoms with van der Waals surface area (Å²) >= 11 is 3.12. The summed E-state index contributed by atoms with van der Waals surface area (Å²) in [5.41, 5.74) is 1.09. The molecule has 0 fully saturated rings. The SMILES string of the molecule is O=C(O)C(=O)/C=C/c1cc(-c2cccs2)cs1. The monoisotopic (exact) mass is 264 g/mol. The quantitative estimate of drug-likeness (QED) is 0.681. The minimum absolute atomic E-state index is 0.864. The Hall–Kier alpha value is -1.72. The molecule has 0 atom stereocenters. The minimum Gasteiger partial charge on any atom is -0.475 e. The molecule has 0 aromatic carbocycles. The Kier molecular flexibility index (Phi) is 3.51. The van der Waals surface area contributed by atoms with Gasteiger partial charge in [-0.05, 0) is 35.0 Å². The lowest BCUT2D eigenvalue weighted by Crippen LogP contribution is -2.08. The van der Waals surface area contributed by atoms with Crippen molar-refractivity contribution in [3.63, 3.8) is 0 Å². The van der Waals surface area contributed by atoms with Crippen molar-refractivity contribution in [1.82, 2.24) is 0 Å². The summed E-state index contributed by atoms with van der Waals surface area (Å²) in [5.74, 6) is -2.34. The van der Waals surface area contributed by atoms with E-state index in [1.54, 1.807) is 11.3 Å². The van der Waals surface area contributed by atoms with Gasteiger partial charge in [0.25, 0.3) is 5.78 Å². The lowest BCUT2D eigenvalue weighted by Gasteiger charge is -1.87. The van der Waals surface area contributed by atoms with Crippen LogP contribution in [0.25, 0.3) is 16.5 Å². The van der Waals surface area contributed by atoms with Crippen LogP contribution in [-0.4, -0.2) is 16.9 Å². The molecule has 0 spiro atoms. The Labute approximate surface area is 106 Å². The highest BCUT2D eigenvalue weighted by Gasteiger charge is 2.06. The maximum absolute atomic E-state index is 10.9. The van der Waals surface area contributed by atoms with Gasteiger partial charge in [-0.1, -0.05) is 6.07 Å². The molecule has 0 aliphatic rings. The number of carboxylic acid groups (broad SMARTS) is 1. The Morgan fingerprint density at radius 2 is 2.12 bits per heavy atom. The van der Waals surface area contributed by atoms with Crippen molar-refractivity contribution < 1.29 is 14.7 Å². The number of hydrogen-bond donors (Lipinski definition) is 1. The van der Waals surface area contributed by atoms with Crippen LogP contribution in [0.2, 0.25) is 0 Å². The highest BCUT2D eigenvalue weighted by Crippen LogP contribution is 2.29. The van der Waals surface area contributed by atoms with E-state index in [0.29, 0.717) is 0 Å². The van der Waals surface area contributed by atoms with Gasteiger partial charge in [0.2, 0.25) is 0 Å². The number of ketones is 1. The average molecular weight is 264 g/mol. The second kappa shape index (κ2) is 5.07. The van der Waals surface area contributed by atoms with E-state index in [1.807, 2.05) is 29.0 Å². The van der Waals surface area contributed by atoms with Gasteiger partial charge in [-0.25, -0.2) is 4.79 Å². The number of thiophene rings is 2. The smallest absolute Gasteiger partial charge is 0.376 e. The largest absolute Gasteiger partial charge is 0.475 e. The van der Waals surface area contributed by atoms with Crippen molar-refractivity contribution >= 4 is 40.5 Å². The molecule has 0 aliphatic heterocycles. The molecule has 0 unspecified atom stereocenters. The zero-order chi connectivity index (χ0) is 12.3. The van der Waals surface area contributed by atoms with E-state index in [-0.39, 0.29) is 0 Å². The van der Waals surface area contributed by atoms with E-state index in [1.165, 1.54) is 17.4 Å². The first-order valence-corrected chi connectivity index (χ1v) is 6.50. The molecule has 2 aromatic rings. The molecular formula is C12H8O3S2. The summed E-state index contributed by atoms with van der Waals surface area (Å²) in [6.45, 7) is 0. The third-order valence-electron chi connectivity index (χ3n) is 2.04. The number of carbonyl (C=O) groups excluding carboxylic acids is 1. The molecule has 3 nitrogen and oxygen atoms in total. The van der Waals surface area contributed by atoms with Crippen molar-refractivity contribution in [2.75, 3.05) is 0 Å². The van der Waals surface area contributed by atoms with E-state index in [2.05, 4.69) is 0 Å². The normalized spacial score (nSPS) is 10.8. The average Bonchev–Trinajstić information content (AvgIpc) is 2.95. The number of hydrogen-bond acceptors (Lipinski definition) is 4. The van der Waals surface area contributed by atoms with E-state index < -0.39 is 11.8 Å². The Morgan fingerprint density at radius 1 is 1.29 bits per heavy atom. The maximum atomic E-state index is 10.9. The van der Waals surface area contributed by atoms with E-state index in [0.717, 1.165) is 21.4 Å². The molecule has 2 aromatic heterocycles. The summed E-state index contributed by atoms with van der Waals surface area (Å²) in [4.78, 5) is 23.2. The molecule has 1 N–H and O–H groups in total. The van der Waals surface area contributed by atoms with Crippen molar-refractivity contribution in [3.05, 3.63) is 39.9 Å². The number of carboxylic acids is 1. The van der Waals surface area contributed by atoms with Crippen LogP contribution < -0.4 is 0 Å². The highest BCUT2D eigenvalue weighted by atomic mass is 32.1. The molecule has 86 valence electrons. The first-order valence-electron chi connectivity index (χ1n) is 4.74. The first kappa shape index (κ1) is 11.8. The lowest BCUT2D eigenvalue weighted by molar-refractivity contribution is -0.146. The third kappa shape index (κ3) is 2.89. The topological polar surface area (TPSA) is 54.4 Å². The zero-order valence-corrected chi connectivity index (χ0v) is 10.3. The molecule has 2 rings (SSSR count). The standard InChI is InChI=1S/C12H8O3S2/c13-10(12(14)15)4-3-9-6-8(7-17-9)11-2-1-5-16-11/h1-7H,(H,14,15)/b4-3+. The van der Waals surface area contributed by atoms with E-state index >= 15 is 0 Å².